The largest absolute Gasteiger partial charge is 0.490 e. The first-order valence-corrected chi connectivity index (χ1v) is 7.83. The SMILES string of the molecule is CCOC(=O)[C@@]1(C)CC=C(B2OC(C)(C)C(C)(C)O2)CC1. The summed E-state index contributed by atoms with van der Waals surface area (Å²) in [7, 11) is -0.290. The molecule has 0 aromatic rings. The molecular weight excluding hydrogens is 267 g/mol. The maximum absolute atomic E-state index is 12.0. The second kappa shape index (κ2) is 5.43. The highest BCUT2D eigenvalue weighted by Crippen LogP contribution is 2.43. The molecule has 1 fully saturated rings. The third-order valence-electron chi connectivity index (χ3n) is 5.10. The molecule has 1 atom stereocenters. The molecule has 0 aromatic heterocycles. The van der Waals surface area contributed by atoms with Gasteiger partial charge >= 0.3 is 13.1 Å². The van der Waals surface area contributed by atoms with E-state index in [1.807, 2.05) is 13.8 Å². The summed E-state index contributed by atoms with van der Waals surface area (Å²) in [4.78, 5) is 12.0. The van der Waals surface area contributed by atoms with Gasteiger partial charge in [-0.1, -0.05) is 6.08 Å². The topological polar surface area (TPSA) is 44.8 Å². The Kier molecular flexibility index (Phi) is 4.29. The lowest BCUT2D eigenvalue weighted by molar-refractivity contribution is -0.154. The van der Waals surface area contributed by atoms with E-state index in [2.05, 4.69) is 33.8 Å². The van der Waals surface area contributed by atoms with E-state index in [-0.39, 0.29) is 24.3 Å². The van der Waals surface area contributed by atoms with Gasteiger partial charge in [-0.25, -0.2) is 0 Å². The van der Waals surface area contributed by atoms with Gasteiger partial charge in [0.15, 0.2) is 0 Å². The van der Waals surface area contributed by atoms with E-state index < -0.39 is 5.41 Å². The molecule has 21 heavy (non-hydrogen) atoms. The Morgan fingerprint density at radius 3 is 2.24 bits per heavy atom. The standard InChI is InChI=1S/C16H27BO4/c1-7-19-13(18)16(6)10-8-12(9-11-16)17-20-14(2,3)15(4,5)21-17/h8H,7,9-11H2,1-6H3/t16-/m0/s1. The van der Waals surface area contributed by atoms with Crippen LogP contribution in [-0.4, -0.2) is 30.9 Å². The predicted octanol–water partition coefficient (Wildman–Crippen LogP) is 3.30. The van der Waals surface area contributed by atoms with E-state index in [1.165, 1.54) is 0 Å². The first-order chi connectivity index (χ1) is 9.61. The van der Waals surface area contributed by atoms with Crippen LogP contribution in [0, 0.1) is 5.41 Å². The minimum Gasteiger partial charge on any atom is -0.466 e. The van der Waals surface area contributed by atoms with Gasteiger partial charge in [0.25, 0.3) is 0 Å². The molecule has 118 valence electrons. The van der Waals surface area contributed by atoms with E-state index in [0.29, 0.717) is 13.0 Å². The molecular formula is C16H27BO4. The van der Waals surface area contributed by atoms with Crippen molar-refractivity contribution >= 4 is 13.1 Å². The molecule has 0 amide bonds. The molecule has 0 aromatic carbocycles. The second-order valence-corrected chi connectivity index (χ2v) is 7.35. The monoisotopic (exact) mass is 294 g/mol. The molecule has 2 rings (SSSR count). The highest BCUT2D eigenvalue weighted by Gasteiger charge is 2.53. The Labute approximate surface area is 128 Å². The van der Waals surface area contributed by atoms with E-state index >= 15 is 0 Å². The highest BCUT2D eigenvalue weighted by molar-refractivity contribution is 6.54. The molecule has 0 unspecified atom stereocenters. The molecule has 1 aliphatic heterocycles. The Hall–Kier alpha value is -0.805. The summed E-state index contributed by atoms with van der Waals surface area (Å²) in [6.45, 7) is 12.5. The van der Waals surface area contributed by atoms with E-state index in [9.17, 15) is 4.79 Å². The van der Waals surface area contributed by atoms with Crippen molar-refractivity contribution in [2.24, 2.45) is 5.41 Å². The summed E-state index contributed by atoms with van der Waals surface area (Å²) < 4.78 is 17.3. The maximum atomic E-state index is 12.0. The van der Waals surface area contributed by atoms with Gasteiger partial charge in [-0.15, -0.1) is 0 Å². The third kappa shape index (κ3) is 3.04. The smallest absolute Gasteiger partial charge is 0.466 e. The van der Waals surface area contributed by atoms with E-state index in [4.69, 9.17) is 14.0 Å². The zero-order valence-electron chi connectivity index (χ0n) is 14.1. The molecule has 0 spiro atoms. The molecule has 0 radical (unpaired) electrons. The van der Waals surface area contributed by atoms with Gasteiger partial charge in [-0.3, -0.25) is 4.79 Å². The Bertz CT molecular complexity index is 439. The summed E-state index contributed by atoms with van der Waals surface area (Å²) in [5.41, 5.74) is 0.0969. The summed E-state index contributed by atoms with van der Waals surface area (Å²) in [5.74, 6) is -0.103. The molecule has 1 saturated heterocycles. The lowest BCUT2D eigenvalue weighted by Gasteiger charge is -2.32. The molecule has 0 N–H and O–H groups in total. The number of hydrogen-bond donors (Lipinski definition) is 0. The summed E-state index contributed by atoms with van der Waals surface area (Å²) >= 11 is 0. The van der Waals surface area contributed by atoms with Crippen molar-refractivity contribution in [2.75, 3.05) is 6.61 Å². The first kappa shape index (κ1) is 16.6. The highest BCUT2D eigenvalue weighted by atomic mass is 16.7. The van der Waals surface area contributed by atoms with Crippen LogP contribution in [0.2, 0.25) is 0 Å². The van der Waals surface area contributed by atoms with Crippen molar-refractivity contribution in [2.45, 2.75) is 72.0 Å². The molecule has 1 aliphatic carbocycles. The fourth-order valence-electron chi connectivity index (χ4n) is 2.68. The zero-order chi connectivity index (χ0) is 15.9. The van der Waals surface area contributed by atoms with Crippen LogP contribution in [0.3, 0.4) is 0 Å². The fraction of sp³-hybridized carbons (Fsp3) is 0.812. The second-order valence-electron chi connectivity index (χ2n) is 7.35. The summed E-state index contributed by atoms with van der Waals surface area (Å²) in [6, 6.07) is 0. The van der Waals surface area contributed by atoms with E-state index in [0.717, 1.165) is 18.3 Å². The van der Waals surface area contributed by atoms with Gasteiger partial charge in [0.1, 0.15) is 0 Å². The van der Waals surface area contributed by atoms with Crippen molar-refractivity contribution in [1.29, 1.82) is 0 Å². The van der Waals surface area contributed by atoms with Crippen molar-refractivity contribution < 1.29 is 18.8 Å². The zero-order valence-corrected chi connectivity index (χ0v) is 14.1. The minimum absolute atomic E-state index is 0.103. The molecule has 0 saturated carbocycles. The summed E-state index contributed by atoms with van der Waals surface area (Å²) in [6.07, 6.45) is 4.38. The molecule has 4 nitrogen and oxygen atoms in total. The first-order valence-electron chi connectivity index (χ1n) is 7.83. The quantitative estimate of drug-likeness (QED) is 0.592. The Morgan fingerprint density at radius 1 is 1.24 bits per heavy atom. The van der Waals surface area contributed by atoms with Gasteiger partial charge in [0, 0.05) is 0 Å². The fourth-order valence-corrected chi connectivity index (χ4v) is 2.68. The average molecular weight is 294 g/mol. The third-order valence-corrected chi connectivity index (χ3v) is 5.10. The van der Waals surface area contributed by atoms with Crippen LogP contribution in [0.15, 0.2) is 11.5 Å². The Balaban J connectivity index is 2.06. The molecule has 0 bridgehead atoms. The van der Waals surface area contributed by atoms with Crippen LogP contribution < -0.4 is 0 Å². The summed E-state index contributed by atoms with van der Waals surface area (Å²) in [5, 5.41) is 0. The number of esters is 1. The van der Waals surface area contributed by atoms with Crippen molar-refractivity contribution in [3.05, 3.63) is 11.5 Å². The van der Waals surface area contributed by atoms with Gasteiger partial charge < -0.3 is 14.0 Å². The number of ether oxygens (including phenoxy) is 1. The van der Waals surface area contributed by atoms with E-state index in [1.54, 1.807) is 0 Å². The van der Waals surface area contributed by atoms with Gasteiger partial charge in [0.05, 0.1) is 23.2 Å². The van der Waals surface area contributed by atoms with Gasteiger partial charge in [0.2, 0.25) is 0 Å². The van der Waals surface area contributed by atoms with Crippen molar-refractivity contribution in [3.63, 3.8) is 0 Å². The molecule has 2 aliphatic rings. The number of allylic oxidation sites excluding steroid dienone is 2. The van der Waals surface area contributed by atoms with Crippen LogP contribution >= 0.6 is 0 Å². The van der Waals surface area contributed by atoms with Crippen molar-refractivity contribution in [3.8, 4) is 0 Å². The molecule has 1 heterocycles. The lowest BCUT2D eigenvalue weighted by atomic mass is 9.66. The Morgan fingerprint density at radius 2 is 1.81 bits per heavy atom. The van der Waals surface area contributed by atoms with Gasteiger partial charge in [-0.05, 0) is 66.3 Å². The number of carbonyl (C=O) groups is 1. The maximum Gasteiger partial charge on any atom is 0.490 e. The van der Waals surface area contributed by atoms with Crippen LogP contribution in [0.25, 0.3) is 0 Å². The van der Waals surface area contributed by atoms with Crippen LogP contribution in [0.5, 0.6) is 0 Å². The van der Waals surface area contributed by atoms with Crippen LogP contribution in [0.4, 0.5) is 0 Å². The minimum atomic E-state index is -0.414. The molecule has 5 heteroatoms. The predicted molar refractivity (Wildman–Crippen MR) is 82.8 cm³/mol. The van der Waals surface area contributed by atoms with Crippen LogP contribution in [-0.2, 0) is 18.8 Å². The normalized spacial score (nSPS) is 31.0. The van der Waals surface area contributed by atoms with Gasteiger partial charge in [-0.2, -0.15) is 0 Å². The lowest BCUT2D eigenvalue weighted by Crippen LogP contribution is -2.41. The average Bonchev–Trinajstić information content (AvgIpc) is 2.59. The van der Waals surface area contributed by atoms with Crippen molar-refractivity contribution in [1.82, 2.24) is 0 Å². The number of carbonyl (C=O) groups excluding carboxylic acids is 1. The number of rotatable bonds is 3. The number of hydrogen-bond acceptors (Lipinski definition) is 4. The van der Waals surface area contributed by atoms with Crippen LogP contribution in [0.1, 0.15) is 60.8 Å².